The molecule has 0 saturated heterocycles. The third kappa shape index (κ3) is 3.98. The van der Waals surface area contributed by atoms with Crippen molar-refractivity contribution < 1.29 is 0 Å². The molecular weight excluding hydrogens is 248 g/mol. The van der Waals surface area contributed by atoms with Gasteiger partial charge in [0, 0.05) is 12.3 Å². The fourth-order valence-electron chi connectivity index (χ4n) is 1.51. The third-order valence-corrected chi connectivity index (χ3v) is 4.51. The molecule has 0 spiro atoms. The summed E-state index contributed by atoms with van der Waals surface area (Å²) < 4.78 is 2.46. The first-order valence-electron chi connectivity index (χ1n) is 5.95. The van der Waals surface area contributed by atoms with Crippen LogP contribution in [0.5, 0.6) is 0 Å². The number of fused-ring (bicyclic) bond motifs is 1. The van der Waals surface area contributed by atoms with Crippen LogP contribution in [0.25, 0.3) is 10.2 Å². The van der Waals surface area contributed by atoms with Crippen molar-refractivity contribution in [2.45, 2.75) is 18.2 Å². The molecule has 2 rings (SSSR count). The molecule has 0 aliphatic carbocycles. The standard InChI is InChI=1S/C13H18N2S2/c1-10(2)9-14-7-8-16-13-15-11-5-3-4-6-12(11)17-13/h3-6,10,14H,7-9H2,1-2H3. The Morgan fingerprint density at radius 1 is 1.35 bits per heavy atom. The van der Waals surface area contributed by atoms with Crippen molar-refractivity contribution >= 4 is 33.3 Å². The van der Waals surface area contributed by atoms with E-state index in [-0.39, 0.29) is 0 Å². The molecule has 0 aliphatic heterocycles. The summed E-state index contributed by atoms with van der Waals surface area (Å²) in [5.41, 5.74) is 1.12. The van der Waals surface area contributed by atoms with Gasteiger partial charge in [-0.3, -0.25) is 0 Å². The summed E-state index contributed by atoms with van der Waals surface area (Å²) >= 11 is 3.63. The molecule has 1 aromatic heterocycles. The molecule has 4 heteroatoms. The highest BCUT2D eigenvalue weighted by Gasteiger charge is 2.03. The fraction of sp³-hybridized carbons (Fsp3) is 0.462. The number of thiazole rings is 1. The number of rotatable bonds is 6. The molecular formula is C13H18N2S2. The van der Waals surface area contributed by atoms with E-state index in [9.17, 15) is 0 Å². The van der Waals surface area contributed by atoms with Crippen LogP contribution in [0.15, 0.2) is 28.6 Å². The Hall–Kier alpha value is -0.580. The first-order chi connectivity index (χ1) is 8.25. The summed E-state index contributed by atoms with van der Waals surface area (Å²) in [4.78, 5) is 4.60. The molecule has 0 saturated carbocycles. The van der Waals surface area contributed by atoms with Gasteiger partial charge in [-0.15, -0.1) is 11.3 Å². The van der Waals surface area contributed by atoms with E-state index >= 15 is 0 Å². The molecule has 0 atom stereocenters. The van der Waals surface area contributed by atoms with E-state index < -0.39 is 0 Å². The SMILES string of the molecule is CC(C)CNCCSc1nc2ccccc2s1. The quantitative estimate of drug-likeness (QED) is 0.638. The first kappa shape index (κ1) is 12.9. The number of aromatic nitrogens is 1. The van der Waals surface area contributed by atoms with Crippen LogP contribution in [0.2, 0.25) is 0 Å². The Balaban J connectivity index is 1.79. The van der Waals surface area contributed by atoms with E-state index in [2.05, 4.69) is 42.3 Å². The normalized spacial score (nSPS) is 11.5. The molecule has 1 aromatic carbocycles. The van der Waals surface area contributed by atoms with E-state index in [0.29, 0.717) is 0 Å². The van der Waals surface area contributed by atoms with Crippen molar-refractivity contribution in [1.82, 2.24) is 10.3 Å². The average molecular weight is 266 g/mol. The lowest BCUT2D eigenvalue weighted by Gasteiger charge is -2.05. The highest BCUT2D eigenvalue weighted by Crippen LogP contribution is 2.28. The number of para-hydroxylation sites is 1. The lowest BCUT2D eigenvalue weighted by atomic mass is 10.2. The smallest absolute Gasteiger partial charge is 0.151 e. The van der Waals surface area contributed by atoms with Gasteiger partial charge in [-0.25, -0.2) is 4.98 Å². The maximum absolute atomic E-state index is 4.60. The van der Waals surface area contributed by atoms with Gasteiger partial charge in [-0.05, 0) is 24.6 Å². The zero-order valence-corrected chi connectivity index (χ0v) is 11.9. The van der Waals surface area contributed by atoms with Gasteiger partial charge in [0.25, 0.3) is 0 Å². The second-order valence-electron chi connectivity index (χ2n) is 4.39. The van der Waals surface area contributed by atoms with Crippen LogP contribution in [-0.2, 0) is 0 Å². The van der Waals surface area contributed by atoms with Crippen molar-refractivity contribution in [3.8, 4) is 0 Å². The van der Waals surface area contributed by atoms with Crippen molar-refractivity contribution in [3.63, 3.8) is 0 Å². The Labute approximate surface area is 111 Å². The minimum Gasteiger partial charge on any atom is -0.316 e. The molecule has 2 nitrogen and oxygen atoms in total. The van der Waals surface area contributed by atoms with Gasteiger partial charge in [-0.2, -0.15) is 0 Å². The van der Waals surface area contributed by atoms with Gasteiger partial charge in [0.2, 0.25) is 0 Å². The van der Waals surface area contributed by atoms with Crippen molar-refractivity contribution in [2.75, 3.05) is 18.8 Å². The molecule has 0 amide bonds. The second kappa shape index (κ2) is 6.38. The molecule has 1 N–H and O–H groups in total. The zero-order chi connectivity index (χ0) is 12.1. The maximum atomic E-state index is 4.60. The van der Waals surface area contributed by atoms with Gasteiger partial charge in [0.15, 0.2) is 4.34 Å². The topological polar surface area (TPSA) is 24.9 Å². The van der Waals surface area contributed by atoms with Crippen molar-refractivity contribution in [2.24, 2.45) is 5.92 Å². The summed E-state index contributed by atoms with van der Waals surface area (Å²) in [6.45, 7) is 6.61. The minimum absolute atomic E-state index is 0.724. The molecule has 1 heterocycles. The number of nitrogens with zero attached hydrogens (tertiary/aromatic N) is 1. The molecule has 0 fully saturated rings. The molecule has 0 aliphatic rings. The van der Waals surface area contributed by atoms with Crippen LogP contribution in [-0.4, -0.2) is 23.8 Å². The van der Waals surface area contributed by atoms with Gasteiger partial charge < -0.3 is 5.32 Å². The number of hydrogen-bond donors (Lipinski definition) is 1. The van der Waals surface area contributed by atoms with Gasteiger partial charge in [0.05, 0.1) is 10.2 Å². The Morgan fingerprint density at radius 3 is 2.94 bits per heavy atom. The highest BCUT2D eigenvalue weighted by atomic mass is 32.2. The van der Waals surface area contributed by atoms with E-state index in [1.807, 2.05) is 17.8 Å². The van der Waals surface area contributed by atoms with E-state index in [1.165, 1.54) is 9.04 Å². The van der Waals surface area contributed by atoms with Gasteiger partial charge in [-0.1, -0.05) is 37.7 Å². The van der Waals surface area contributed by atoms with Crippen LogP contribution in [0, 0.1) is 5.92 Å². The van der Waals surface area contributed by atoms with E-state index in [4.69, 9.17) is 0 Å². The average Bonchev–Trinajstić information content (AvgIpc) is 2.70. The summed E-state index contributed by atoms with van der Waals surface area (Å²) in [5.74, 6) is 1.81. The molecule has 17 heavy (non-hydrogen) atoms. The van der Waals surface area contributed by atoms with Crippen molar-refractivity contribution in [3.05, 3.63) is 24.3 Å². The van der Waals surface area contributed by atoms with Crippen LogP contribution in [0.4, 0.5) is 0 Å². The lowest BCUT2D eigenvalue weighted by Crippen LogP contribution is -2.21. The molecule has 0 radical (unpaired) electrons. The monoisotopic (exact) mass is 266 g/mol. The zero-order valence-electron chi connectivity index (χ0n) is 10.3. The second-order valence-corrected chi connectivity index (χ2v) is 6.77. The largest absolute Gasteiger partial charge is 0.316 e. The van der Waals surface area contributed by atoms with Gasteiger partial charge in [0.1, 0.15) is 0 Å². The van der Waals surface area contributed by atoms with E-state index in [1.54, 1.807) is 11.3 Å². The van der Waals surface area contributed by atoms with Crippen molar-refractivity contribution in [1.29, 1.82) is 0 Å². The molecule has 92 valence electrons. The third-order valence-electron chi connectivity index (χ3n) is 2.33. The predicted octanol–water partition coefficient (Wildman–Crippen LogP) is 3.63. The molecule has 2 aromatic rings. The summed E-state index contributed by atoms with van der Waals surface area (Å²) in [5, 5.41) is 3.44. The number of thioether (sulfide) groups is 1. The fourth-order valence-corrected chi connectivity index (χ4v) is 3.55. The van der Waals surface area contributed by atoms with Crippen LogP contribution >= 0.6 is 23.1 Å². The number of hydrogen-bond acceptors (Lipinski definition) is 4. The maximum Gasteiger partial charge on any atom is 0.151 e. The Kier molecular flexibility index (Phi) is 4.83. The molecule has 0 bridgehead atoms. The highest BCUT2D eigenvalue weighted by molar-refractivity contribution is 8.01. The van der Waals surface area contributed by atoms with Crippen LogP contribution < -0.4 is 5.32 Å². The van der Waals surface area contributed by atoms with E-state index in [0.717, 1.165) is 30.3 Å². The van der Waals surface area contributed by atoms with Gasteiger partial charge >= 0.3 is 0 Å². The minimum atomic E-state index is 0.724. The summed E-state index contributed by atoms with van der Waals surface area (Å²) in [6, 6.07) is 8.32. The van der Waals surface area contributed by atoms with Crippen LogP contribution in [0.3, 0.4) is 0 Å². The van der Waals surface area contributed by atoms with Crippen LogP contribution in [0.1, 0.15) is 13.8 Å². The lowest BCUT2D eigenvalue weighted by molar-refractivity contribution is 0.568. The summed E-state index contributed by atoms with van der Waals surface area (Å²) in [6.07, 6.45) is 0. The predicted molar refractivity (Wildman–Crippen MR) is 78.1 cm³/mol. The number of benzene rings is 1. The summed E-state index contributed by atoms with van der Waals surface area (Å²) in [7, 11) is 0. The molecule has 0 unspecified atom stereocenters. The number of nitrogens with one attached hydrogen (secondary N) is 1. The first-order valence-corrected chi connectivity index (χ1v) is 7.75. The Bertz CT molecular complexity index is 432. The Morgan fingerprint density at radius 2 is 2.18 bits per heavy atom.